The molecule has 1 amide bonds. The van der Waals surface area contributed by atoms with E-state index in [9.17, 15) is 14.7 Å². The standard InChI is InChI=1S/C13H20N4O3/c1-2-3-13(12(19)20)4-6-16(7-5-13)11(18)8-17-10-14-9-15-17/h9-10H,2-8H2,1H3,(H,19,20). The second-order valence-electron chi connectivity index (χ2n) is 5.31. The van der Waals surface area contributed by atoms with Gasteiger partial charge in [0.15, 0.2) is 0 Å². The van der Waals surface area contributed by atoms with E-state index in [1.165, 1.54) is 17.3 Å². The zero-order valence-corrected chi connectivity index (χ0v) is 11.7. The maximum Gasteiger partial charge on any atom is 0.309 e. The summed E-state index contributed by atoms with van der Waals surface area (Å²) in [6.07, 6.45) is 5.46. The fraction of sp³-hybridized carbons (Fsp3) is 0.692. The number of hydrogen-bond acceptors (Lipinski definition) is 4. The summed E-state index contributed by atoms with van der Waals surface area (Å²) < 4.78 is 1.48. The van der Waals surface area contributed by atoms with Crippen LogP contribution in [0.1, 0.15) is 32.6 Å². The predicted octanol–water partition coefficient (Wildman–Crippen LogP) is 0.772. The Bertz CT molecular complexity index is 464. The van der Waals surface area contributed by atoms with Crippen LogP contribution in [-0.2, 0) is 16.1 Å². The molecule has 7 heteroatoms. The molecular weight excluding hydrogens is 260 g/mol. The van der Waals surface area contributed by atoms with Crippen molar-refractivity contribution in [2.75, 3.05) is 13.1 Å². The molecule has 1 aromatic rings. The third kappa shape index (κ3) is 2.97. The number of aliphatic carboxylic acids is 1. The second kappa shape index (κ2) is 6.02. The van der Waals surface area contributed by atoms with E-state index in [-0.39, 0.29) is 12.5 Å². The van der Waals surface area contributed by atoms with Crippen LogP contribution in [0.25, 0.3) is 0 Å². The minimum atomic E-state index is -0.734. The molecule has 0 aromatic carbocycles. The molecule has 1 aliphatic heterocycles. The largest absolute Gasteiger partial charge is 0.481 e. The Morgan fingerprint density at radius 2 is 2.05 bits per heavy atom. The molecule has 0 bridgehead atoms. The van der Waals surface area contributed by atoms with Gasteiger partial charge in [0.1, 0.15) is 19.2 Å². The summed E-state index contributed by atoms with van der Waals surface area (Å²) >= 11 is 0. The van der Waals surface area contributed by atoms with Crippen LogP contribution in [0.5, 0.6) is 0 Å². The summed E-state index contributed by atoms with van der Waals surface area (Å²) in [5.41, 5.74) is -0.654. The Morgan fingerprint density at radius 1 is 1.35 bits per heavy atom. The highest BCUT2D eigenvalue weighted by Crippen LogP contribution is 2.36. The quantitative estimate of drug-likeness (QED) is 0.860. The maximum atomic E-state index is 12.1. The van der Waals surface area contributed by atoms with Gasteiger partial charge in [0.25, 0.3) is 0 Å². The fourth-order valence-corrected chi connectivity index (χ4v) is 2.79. The fourth-order valence-electron chi connectivity index (χ4n) is 2.79. The Hall–Kier alpha value is -1.92. The van der Waals surface area contributed by atoms with Gasteiger partial charge in [0.2, 0.25) is 5.91 Å². The highest BCUT2D eigenvalue weighted by atomic mass is 16.4. The molecule has 110 valence electrons. The SMILES string of the molecule is CCCC1(C(=O)O)CCN(C(=O)Cn2cncn2)CC1. The minimum Gasteiger partial charge on any atom is -0.481 e. The molecule has 1 aromatic heterocycles. The highest BCUT2D eigenvalue weighted by molar-refractivity contribution is 5.78. The van der Waals surface area contributed by atoms with E-state index < -0.39 is 11.4 Å². The lowest BCUT2D eigenvalue weighted by molar-refractivity contribution is -0.155. The molecule has 2 rings (SSSR count). The zero-order chi connectivity index (χ0) is 14.6. The van der Waals surface area contributed by atoms with Crippen molar-refractivity contribution < 1.29 is 14.7 Å². The first-order valence-electron chi connectivity index (χ1n) is 6.91. The summed E-state index contributed by atoms with van der Waals surface area (Å²) in [5, 5.41) is 13.3. The van der Waals surface area contributed by atoms with Gasteiger partial charge in [-0.2, -0.15) is 5.10 Å². The van der Waals surface area contributed by atoms with Crippen LogP contribution in [0.15, 0.2) is 12.7 Å². The normalized spacial score (nSPS) is 17.9. The van der Waals surface area contributed by atoms with Crippen LogP contribution >= 0.6 is 0 Å². The smallest absolute Gasteiger partial charge is 0.309 e. The predicted molar refractivity (Wildman–Crippen MR) is 70.8 cm³/mol. The number of piperidine rings is 1. The maximum absolute atomic E-state index is 12.1. The van der Waals surface area contributed by atoms with Crippen molar-refractivity contribution in [2.45, 2.75) is 39.2 Å². The number of amides is 1. The first-order valence-corrected chi connectivity index (χ1v) is 6.91. The first-order chi connectivity index (χ1) is 9.57. The summed E-state index contributed by atoms with van der Waals surface area (Å²) in [4.78, 5) is 29.1. The number of carboxylic acid groups (broad SMARTS) is 1. The summed E-state index contributed by atoms with van der Waals surface area (Å²) in [6.45, 7) is 3.15. The molecular formula is C13H20N4O3. The van der Waals surface area contributed by atoms with Crippen LogP contribution in [0, 0.1) is 5.41 Å². The average molecular weight is 280 g/mol. The number of carbonyl (C=O) groups is 2. The van der Waals surface area contributed by atoms with E-state index in [0.29, 0.717) is 32.4 Å². The molecule has 0 unspecified atom stereocenters. The van der Waals surface area contributed by atoms with Gasteiger partial charge < -0.3 is 10.0 Å². The Kier molecular flexibility index (Phi) is 4.36. The molecule has 1 saturated heterocycles. The highest BCUT2D eigenvalue weighted by Gasteiger charge is 2.41. The van der Waals surface area contributed by atoms with Crippen LogP contribution in [0.4, 0.5) is 0 Å². The molecule has 0 saturated carbocycles. The number of nitrogens with zero attached hydrogens (tertiary/aromatic N) is 4. The van der Waals surface area contributed by atoms with E-state index in [2.05, 4.69) is 10.1 Å². The zero-order valence-electron chi connectivity index (χ0n) is 11.7. The first kappa shape index (κ1) is 14.5. The van der Waals surface area contributed by atoms with E-state index in [1.807, 2.05) is 6.92 Å². The molecule has 7 nitrogen and oxygen atoms in total. The van der Waals surface area contributed by atoms with Crippen molar-refractivity contribution in [3.05, 3.63) is 12.7 Å². The van der Waals surface area contributed by atoms with Crippen LogP contribution in [0.3, 0.4) is 0 Å². The third-order valence-corrected chi connectivity index (χ3v) is 4.02. The number of rotatable bonds is 5. The van der Waals surface area contributed by atoms with E-state index in [4.69, 9.17) is 0 Å². The topological polar surface area (TPSA) is 88.3 Å². The number of likely N-dealkylation sites (tertiary alicyclic amines) is 1. The van der Waals surface area contributed by atoms with Gasteiger partial charge in [-0.3, -0.25) is 9.59 Å². The van der Waals surface area contributed by atoms with Gasteiger partial charge in [0, 0.05) is 13.1 Å². The van der Waals surface area contributed by atoms with Crippen molar-refractivity contribution >= 4 is 11.9 Å². The van der Waals surface area contributed by atoms with Gasteiger partial charge >= 0.3 is 5.97 Å². The summed E-state index contributed by atoms with van der Waals surface area (Å²) in [5.74, 6) is -0.770. The number of carbonyl (C=O) groups excluding carboxylic acids is 1. The van der Waals surface area contributed by atoms with Crippen LogP contribution in [0.2, 0.25) is 0 Å². The van der Waals surface area contributed by atoms with Crippen molar-refractivity contribution in [3.63, 3.8) is 0 Å². The van der Waals surface area contributed by atoms with Gasteiger partial charge in [-0.25, -0.2) is 9.67 Å². The summed E-state index contributed by atoms with van der Waals surface area (Å²) in [7, 11) is 0. The lowest BCUT2D eigenvalue weighted by Crippen LogP contribution is -2.47. The molecule has 0 spiro atoms. The van der Waals surface area contributed by atoms with Crippen molar-refractivity contribution in [1.29, 1.82) is 0 Å². The van der Waals surface area contributed by atoms with Gasteiger partial charge in [-0.1, -0.05) is 13.3 Å². The van der Waals surface area contributed by atoms with Crippen molar-refractivity contribution in [1.82, 2.24) is 19.7 Å². The average Bonchev–Trinajstić information content (AvgIpc) is 2.92. The van der Waals surface area contributed by atoms with Crippen molar-refractivity contribution in [2.24, 2.45) is 5.41 Å². The molecule has 0 radical (unpaired) electrons. The van der Waals surface area contributed by atoms with Gasteiger partial charge in [-0.05, 0) is 19.3 Å². The molecule has 0 atom stereocenters. The van der Waals surface area contributed by atoms with Gasteiger partial charge in [-0.15, -0.1) is 0 Å². The molecule has 20 heavy (non-hydrogen) atoms. The van der Waals surface area contributed by atoms with Crippen LogP contribution in [-0.4, -0.2) is 49.7 Å². The van der Waals surface area contributed by atoms with Crippen molar-refractivity contribution in [3.8, 4) is 0 Å². The minimum absolute atomic E-state index is 0.0361. The van der Waals surface area contributed by atoms with Gasteiger partial charge in [0.05, 0.1) is 5.41 Å². The molecule has 1 fully saturated rings. The molecule has 1 N–H and O–H groups in total. The Balaban J connectivity index is 1.93. The third-order valence-electron chi connectivity index (χ3n) is 4.02. The number of aromatic nitrogens is 3. The molecule has 2 heterocycles. The lowest BCUT2D eigenvalue weighted by Gasteiger charge is -2.38. The summed E-state index contributed by atoms with van der Waals surface area (Å²) in [6, 6.07) is 0. The van der Waals surface area contributed by atoms with E-state index >= 15 is 0 Å². The number of carboxylic acids is 1. The lowest BCUT2D eigenvalue weighted by atomic mass is 9.75. The molecule has 1 aliphatic rings. The monoisotopic (exact) mass is 280 g/mol. The number of hydrogen-bond donors (Lipinski definition) is 1. The van der Waals surface area contributed by atoms with E-state index in [0.717, 1.165) is 6.42 Å². The van der Waals surface area contributed by atoms with E-state index in [1.54, 1.807) is 4.90 Å². The van der Waals surface area contributed by atoms with Crippen LogP contribution < -0.4 is 0 Å². The Morgan fingerprint density at radius 3 is 2.55 bits per heavy atom. The second-order valence-corrected chi connectivity index (χ2v) is 5.31. The molecule has 0 aliphatic carbocycles. The Labute approximate surface area is 117 Å².